The van der Waals surface area contributed by atoms with Gasteiger partial charge in [-0.1, -0.05) is 29.3 Å². The van der Waals surface area contributed by atoms with Gasteiger partial charge in [-0.25, -0.2) is 0 Å². The maximum atomic E-state index is 13.1. The number of ether oxygens (including phenoxy) is 1. The first-order valence-corrected chi connectivity index (χ1v) is 9.83. The first-order valence-electron chi connectivity index (χ1n) is 8.67. The van der Waals surface area contributed by atoms with Crippen molar-refractivity contribution in [3.05, 3.63) is 69.3 Å². The minimum absolute atomic E-state index is 0.287. The number of anilines is 1. The Balaban J connectivity index is 1.93. The Kier molecular flexibility index (Phi) is 6.44. The monoisotopic (exact) mass is 435 g/mol. The smallest absolute Gasteiger partial charge is 0.255 e. The normalized spacial score (nSPS) is 16.3. The third-order valence-electron chi connectivity index (χ3n) is 4.23. The highest BCUT2D eigenvalue weighted by Crippen LogP contribution is 2.36. The summed E-state index contributed by atoms with van der Waals surface area (Å²) < 4.78 is 5.43. The average molecular weight is 436 g/mol. The van der Waals surface area contributed by atoms with Gasteiger partial charge in [0.05, 0.1) is 18.2 Å². The zero-order valence-corrected chi connectivity index (χ0v) is 17.6. The third kappa shape index (κ3) is 4.41. The maximum Gasteiger partial charge on any atom is 0.255 e. The third-order valence-corrected chi connectivity index (χ3v) is 5.10. The highest BCUT2D eigenvalue weighted by atomic mass is 35.5. The van der Waals surface area contributed by atoms with E-state index in [1.807, 2.05) is 6.92 Å². The molecule has 3 rings (SSSR count). The van der Waals surface area contributed by atoms with Crippen LogP contribution in [0, 0.1) is 0 Å². The van der Waals surface area contributed by atoms with E-state index in [-0.39, 0.29) is 5.91 Å². The standard InChI is InChI=1S/C20H19Cl2N3O2S/c1-3-27-13-9-7-12(8-10-13)24-19(26)16-11(2)23-20(28)25-18(16)17-14(21)5-4-6-15(17)22/h4-10,18H,3H2,1-2H3,(H,24,26)(H2,23,25,28). The van der Waals surface area contributed by atoms with Crippen LogP contribution in [0.15, 0.2) is 53.7 Å². The maximum absolute atomic E-state index is 13.1. The Morgan fingerprint density at radius 3 is 2.43 bits per heavy atom. The van der Waals surface area contributed by atoms with Crippen molar-refractivity contribution >= 4 is 52.1 Å². The summed E-state index contributed by atoms with van der Waals surface area (Å²) in [5.41, 5.74) is 2.34. The Morgan fingerprint density at radius 1 is 1.18 bits per heavy atom. The number of thiocarbonyl (C=S) groups is 1. The number of nitrogens with one attached hydrogen (secondary N) is 3. The summed E-state index contributed by atoms with van der Waals surface area (Å²) >= 11 is 18.0. The lowest BCUT2D eigenvalue weighted by Gasteiger charge is -2.31. The van der Waals surface area contributed by atoms with Crippen molar-refractivity contribution in [1.82, 2.24) is 10.6 Å². The molecule has 5 nitrogen and oxygen atoms in total. The number of allylic oxidation sites excluding steroid dienone is 1. The van der Waals surface area contributed by atoms with Crippen LogP contribution in [-0.2, 0) is 4.79 Å². The average Bonchev–Trinajstić information content (AvgIpc) is 2.63. The van der Waals surface area contributed by atoms with Crippen LogP contribution in [0.1, 0.15) is 25.5 Å². The lowest BCUT2D eigenvalue weighted by atomic mass is 9.94. The van der Waals surface area contributed by atoms with Crippen molar-refractivity contribution in [2.75, 3.05) is 11.9 Å². The zero-order chi connectivity index (χ0) is 20.3. The quantitative estimate of drug-likeness (QED) is 0.587. The molecule has 146 valence electrons. The first-order chi connectivity index (χ1) is 13.4. The second kappa shape index (κ2) is 8.82. The van der Waals surface area contributed by atoms with Gasteiger partial charge in [-0.15, -0.1) is 0 Å². The molecule has 0 saturated heterocycles. The Labute approximate surface area is 179 Å². The van der Waals surface area contributed by atoms with Gasteiger partial charge in [0, 0.05) is 27.0 Å². The summed E-state index contributed by atoms with van der Waals surface area (Å²) in [4.78, 5) is 13.1. The van der Waals surface area contributed by atoms with Gasteiger partial charge in [0.25, 0.3) is 5.91 Å². The number of halogens is 2. The number of rotatable bonds is 5. The minimum atomic E-state index is -0.572. The topological polar surface area (TPSA) is 62.4 Å². The summed E-state index contributed by atoms with van der Waals surface area (Å²) in [5, 5.41) is 10.3. The molecule has 28 heavy (non-hydrogen) atoms. The molecular formula is C20H19Cl2N3O2S. The zero-order valence-electron chi connectivity index (χ0n) is 15.3. The first kappa shape index (κ1) is 20.5. The Morgan fingerprint density at radius 2 is 1.82 bits per heavy atom. The molecule has 1 aliphatic rings. The van der Waals surface area contributed by atoms with Crippen molar-refractivity contribution in [1.29, 1.82) is 0 Å². The Hall–Kier alpha value is -2.28. The van der Waals surface area contributed by atoms with E-state index in [9.17, 15) is 4.79 Å². The summed E-state index contributed by atoms with van der Waals surface area (Å²) in [5.74, 6) is 0.452. The number of hydrogen-bond donors (Lipinski definition) is 3. The van der Waals surface area contributed by atoms with Crippen LogP contribution in [0.4, 0.5) is 5.69 Å². The van der Waals surface area contributed by atoms with Crippen molar-refractivity contribution in [3.63, 3.8) is 0 Å². The van der Waals surface area contributed by atoms with Crippen molar-refractivity contribution < 1.29 is 9.53 Å². The molecule has 1 amide bonds. The SMILES string of the molecule is CCOc1ccc(NC(=O)C2=C(C)NC(=S)NC2c2c(Cl)cccc2Cl)cc1. The molecule has 3 N–H and O–H groups in total. The van der Waals surface area contributed by atoms with E-state index in [2.05, 4.69) is 16.0 Å². The van der Waals surface area contributed by atoms with E-state index in [1.54, 1.807) is 49.4 Å². The fourth-order valence-electron chi connectivity index (χ4n) is 3.00. The van der Waals surface area contributed by atoms with Gasteiger partial charge in [0.15, 0.2) is 5.11 Å². The van der Waals surface area contributed by atoms with Crippen LogP contribution < -0.4 is 20.7 Å². The van der Waals surface area contributed by atoms with E-state index in [4.69, 9.17) is 40.2 Å². The van der Waals surface area contributed by atoms with Crippen LogP contribution >= 0.6 is 35.4 Å². The Bertz CT molecular complexity index is 925. The van der Waals surface area contributed by atoms with E-state index in [1.165, 1.54) is 0 Å². The second-order valence-corrected chi connectivity index (χ2v) is 7.34. The number of carbonyl (C=O) groups is 1. The lowest BCUT2D eigenvalue weighted by Crippen LogP contribution is -2.46. The predicted molar refractivity (Wildman–Crippen MR) is 117 cm³/mol. The number of carbonyl (C=O) groups excluding carboxylic acids is 1. The number of hydrogen-bond acceptors (Lipinski definition) is 3. The lowest BCUT2D eigenvalue weighted by molar-refractivity contribution is -0.113. The molecule has 1 aliphatic heterocycles. The molecule has 1 atom stereocenters. The second-order valence-electron chi connectivity index (χ2n) is 6.12. The molecule has 8 heteroatoms. The van der Waals surface area contributed by atoms with Crippen LogP contribution in [0.2, 0.25) is 10.0 Å². The van der Waals surface area contributed by atoms with Gasteiger partial charge in [0.2, 0.25) is 0 Å². The molecule has 1 unspecified atom stereocenters. The molecule has 0 saturated carbocycles. The molecule has 0 spiro atoms. The molecular weight excluding hydrogens is 417 g/mol. The van der Waals surface area contributed by atoms with E-state index >= 15 is 0 Å². The van der Waals surface area contributed by atoms with Crippen molar-refractivity contribution in [2.45, 2.75) is 19.9 Å². The molecule has 0 aromatic heterocycles. The molecule has 1 heterocycles. The van der Waals surface area contributed by atoms with Crippen LogP contribution in [0.3, 0.4) is 0 Å². The van der Waals surface area contributed by atoms with Crippen molar-refractivity contribution in [2.24, 2.45) is 0 Å². The molecule has 0 bridgehead atoms. The summed E-state index contributed by atoms with van der Waals surface area (Å²) in [6, 6.07) is 11.8. The van der Waals surface area contributed by atoms with Crippen LogP contribution in [0.5, 0.6) is 5.75 Å². The van der Waals surface area contributed by atoms with Crippen LogP contribution in [0.25, 0.3) is 0 Å². The van der Waals surface area contributed by atoms with Crippen molar-refractivity contribution in [3.8, 4) is 5.75 Å². The van der Waals surface area contributed by atoms with Gasteiger partial charge < -0.3 is 20.7 Å². The number of benzene rings is 2. The molecule has 2 aromatic carbocycles. The summed E-state index contributed by atoms with van der Waals surface area (Å²) in [6.07, 6.45) is 0. The summed E-state index contributed by atoms with van der Waals surface area (Å²) in [6.45, 7) is 4.28. The van der Waals surface area contributed by atoms with Gasteiger partial charge in [-0.05, 0) is 62.5 Å². The molecule has 2 aromatic rings. The van der Waals surface area contributed by atoms with E-state index < -0.39 is 6.04 Å². The molecule has 0 aliphatic carbocycles. The van der Waals surface area contributed by atoms with E-state index in [0.29, 0.717) is 44.3 Å². The fourth-order valence-corrected chi connectivity index (χ4v) is 3.88. The minimum Gasteiger partial charge on any atom is -0.494 e. The van der Waals surface area contributed by atoms with Gasteiger partial charge >= 0.3 is 0 Å². The molecule has 0 radical (unpaired) electrons. The van der Waals surface area contributed by atoms with Gasteiger partial charge in [-0.3, -0.25) is 4.79 Å². The summed E-state index contributed by atoms with van der Waals surface area (Å²) in [7, 11) is 0. The van der Waals surface area contributed by atoms with E-state index in [0.717, 1.165) is 5.75 Å². The van der Waals surface area contributed by atoms with Crippen LogP contribution in [-0.4, -0.2) is 17.6 Å². The predicted octanol–water partition coefficient (Wildman–Crippen LogP) is 4.82. The number of amides is 1. The van der Waals surface area contributed by atoms with Gasteiger partial charge in [0.1, 0.15) is 5.75 Å². The van der Waals surface area contributed by atoms with Gasteiger partial charge in [-0.2, -0.15) is 0 Å². The highest BCUT2D eigenvalue weighted by Gasteiger charge is 2.32. The fraction of sp³-hybridized carbons (Fsp3) is 0.200. The molecule has 0 fully saturated rings. The highest BCUT2D eigenvalue weighted by molar-refractivity contribution is 7.80. The largest absolute Gasteiger partial charge is 0.494 e.